The van der Waals surface area contributed by atoms with Crippen LogP contribution in [0.25, 0.3) is 0 Å². The van der Waals surface area contributed by atoms with Crippen LogP contribution in [0, 0.1) is 13.8 Å². The van der Waals surface area contributed by atoms with Crippen molar-refractivity contribution in [2.75, 3.05) is 23.7 Å². The van der Waals surface area contributed by atoms with E-state index in [-0.39, 0.29) is 25.0 Å². The average molecular weight is 328 g/mol. The number of aryl methyl sites for hydroxylation is 2. The maximum Gasteiger partial charge on any atom is 0.322 e. The minimum atomic E-state index is -0.382. The summed E-state index contributed by atoms with van der Waals surface area (Å²) >= 11 is 0. The Morgan fingerprint density at radius 2 is 2.08 bits per heavy atom. The van der Waals surface area contributed by atoms with Crippen molar-refractivity contribution in [3.63, 3.8) is 0 Å². The summed E-state index contributed by atoms with van der Waals surface area (Å²) in [4.78, 5) is 25.8. The van der Waals surface area contributed by atoms with Crippen molar-refractivity contribution < 1.29 is 14.1 Å². The van der Waals surface area contributed by atoms with Crippen molar-refractivity contribution in [2.24, 2.45) is 0 Å². The van der Waals surface area contributed by atoms with Gasteiger partial charge in [-0.3, -0.25) is 4.79 Å². The number of nitrogens with zero attached hydrogens (tertiary/aromatic N) is 2. The molecule has 0 unspecified atom stereocenters. The fraction of sp³-hybridized carbons (Fsp3) is 0.235. The van der Waals surface area contributed by atoms with Gasteiger partial charge in [-0.2, -0.15) is 0 Å². The molecule has 2 N–H and O–H groups in total. The fourth-order valence-corrected chi connectivity index (χ4v) is 2.08. The summed E-state index contributed by atoms with van der Waals surface area (Å²) in [6.45, 7) is 7.39. The SMILES string of the molecule is C=CCN(CC(=O)Nc1cc(C)on1)C(=O)Nc1cccc(C)c1. The van der Waals surface area contributed by atoms with E-state index in [0.29, 0.717) is 17.3 Å². The molecule has 0 spiro atoms. The molecule has 3 amide bonds. The number of benzene rings is 1. The molecule has 0 saturated heterocycles. The van der Waals surface area contributed by atoms with Gasteiger partial charge in [-0.1, -0.05) is 23.4 Å². The number of rotatable bonds is 6. The maximum atomic E-state index is 12.4. The molecule has 7 heteroatoms. The van der Waals surface area contributed by atoms with Crippen molar-refractivity contribution >= 4 is 23.4 Å². The number of hydrogen-bond donors (Lipinski definition) is 2. The quantitative estimate of drug-likeness (QED) is 0.798. The van der Waals surface area contributed by atoms with Crippen LogP contribution in [0.3, 0.4) is 0 Å². The van der Waals surface area contributed by atoms with Crippen molar-refractivity contribution in [2.45, 2.75) is 13.8 Å². The molecule has 7 nitrogen and oxygen atoms in total. The van der Waals surface area contributed by atoms with E-state index in [2.05, 4.69) is 22.4 Å². The zero-order chi connectivity index (χ0) is 17.5. The summed E-state index contributed by atoms with van der Waals surface area (Å²) in [5.74, 6) is 0.533. The molecular formula is C17H20N4O3. The third kappa shape index (κ3) is 4.98. The first-order valence-electron chi connectivity index (χ1n) is 7.44. The van der Waals surface area contributed by atoms with Crippen molar-refractivity contribution in [3.05, 3.63) is 54.3 Å². The molecule has 24 heavy (non-hydrogen) atoms. The third-order valence-electron chi connectivity index (χ3n) is 3.14. The highest BCUT2D eigenvalue weighted by Gasteiger charge is 2.17. The summed E-state index contributed by atoms with van der Waals surface area (Å²) in [7, 11) is 0. The lowest BCUT2D eigenvalue weighted by Crippen LogP contribution is -2.40. The maximum absolute atomic E-state index is 12.4. The first-order valence-corrected chi connectivity index (χ1v) is 7.44. The molecule has 2 aromatic rings. The lowest BCUT2D eigenvalue weighted by Gasteiger charge is -2.21. The van der Waals surface area contributed by atoms with Crippen LogP contribution in [-0.2, 0) is 4.79 Å². The second kappa shape index (κ2) is 7.96. The van der Waals surface area contributed by atoms with Crippen LogP contribution < -0.4 is 10.6 Å². The van der Waals surface area contributed by atoms with Gasteiger partial charge in [0, 0.05) is 18.3 Å². The smallest absolute Gasteiger partial charge is 0.322 e. The summed E-state index contributed by atoms with van der Waals surface area (Å²) in [6.07, 6.45) is 1.56. The number of hydrogen-bond acceptors (Lipinski definition) is 4. The number of aromatic nitrogens is 1. The lowest BCUT2D eigenvalue weighted by molar-refractivity contribution is -0.116. The van der Waals surface area contributed by atoms with Gasteiger partial charge in [0.1, 0.15) is 12.3 Å². The van der Waals surface area contributed by atoms with E-state index in [0.717, 1.165) is 5.56 Å². The molecule has 1 heterocycles. The van der Waals surface area contributed by atoms with Crippen molar-refractivity contribution in [1.82, 2.24) is 10.1 Å². The Kier molecular flexibility index (Phi) is 5.73. The minimum Gasteiger partial charge on any atom is -0.360 e. The predicted octanol–water partition coefficient (Wildman–Crippen LogP) is 2.95. The molecule has 1 aromatic carbocycles. The van der Waals surface area contributed by atoms with Crippen LogP contribution in [0.2, 0.25) is 0 Å². The minimum absolute atomic E-state index is 0.129. The Bertz CT molecular complexity index is 739. The molecule has 0 fully saturated rings. The first-order chi connectivity index (χ1) is 11.5. The zero-order valence-corrected chi connectivity index (χ0v) is 13.7. The number of carbonyl (C=O) groups excluding carboxylic acids is 2. The Morgan fingerprint density at radius 1 is 1.29 bits per heavy atom. The summed E-state index contributed by atoms with van der Waals surface area (Å²) in [6, 6.07) is 8.64. The van der Waals surface area contributed by atoms with E-state index in [4.69, 9.17) is 4.52 Å². The van der Waals surface area contributed by atoms with Gasteiger partial charge in [-0.05, 0) is 31.5 Å². The molecule has 0 aliphatic rings. The number of anilines is 2. The van der Waals surface area contributed by atoms with Gasteiger partial charge < -0.3 is 20.1 Å². The largest absolute Gasteiger partial charge is 0.360 e. The molecule has 0 saturated carbocycles. The van der Waals surface area contributed by atoms with E-state index >= 15 is 0 Å². The number of nitrogens with one attached hydrogen (secondary N) is 2. The van der Waals surface area contributed by atoms with Crippen LogP contribution in [0.5, 0.6) is 0 Å². The van der Waals surface area contributed by atoms with Crippen LogP contribution >= 0.6 is 0 Å². The monoisotopic (exact) mass is 328 g/mol. The van der Waals surface area contributed by atoms with Gasteiger partial charge in [0.05, 0.1) is 0 Å². The van der Waals surface area contributed by atoms with E-state index in [9.17, 15) is 9.59 Å². The molecule has 0 aliphatic carbocycles. The van der Waals surface area contributed by atoms with E-state index < -0.39 is 0 Å². The molecule has 2 rings (SSSR count). The summed E-state index contributed by atoms with van der Waals surface area (Å²) in [5, 5.41) is 9.03. The highest BCUT2D eigenvalue weighted by molar-refractivity contribution is 5.96. The van der Waals surface area contributed by atoms with Gasteiger partial charge in [-0.15, -0.1) is 6.58 Å². The first kappa shape index (κ1) is 17.3. The second-order valence-corrected chi connectivity index (χ2v) is 5.34. The van der Waals surface area contributed by atoms with E-state index in [1.54, 1.807) is 25.1 Å². The number of carbonyl (C=O) groups is 2. The van der Waals surface area contributed by atoms with Gasteiger partial charge in [0.25, 0.3) is 0 Å². The normalized spacial score (nSPS) is 10.1. The average Bonchev–Trinajstić information content (AvgIpc) is 2.91. The highest BCUT2D eigenvalue weighted by atomic mass is 16.5. The Labute approximate surface area is 140 Å². The van der Waals surface area contributed by atoms with Gasteiger partial charge in [0.15, 0.2) is 5.82 Å². The molecule has 0 aliphatic heterocycles. The van der Waals surface area contributed by atoms with Crippen molar-refractivity contribution in [3.8, 4) is 0 Å². The lowest BCUT2D eigenvalue weighted by atomic mass is 10.2. The molecule has 0 atom stereocenters. The molecule has 1 aromatic heterocycles. The van der Waals surface area contributed by atoms with Gasteiger partial charge in [0.2, 0.25) is 5.91 Å². The molecule has 0 bridgehead atoms. The number of amides is 3. The van der Waals surface area contributed by atoms with Gasteiger partial charge >= 0.3 is 6.03 Å². The van der Waals surface area contributed by atoms with Crippen LogP contribution in [0.4, 0.5) is 16.3 Å². The standard InChI is InChI=1S/C17H20N4O3/c1-4-8-21(11-16(22)19-15-10-13(3)24-20-15)17(23)18-14-7-5-6-12(2)9-14/h4-7,9-10H,1,8,11H2,2-3H3,(H,18,23)(H,19,20,22). The molecule has 0 radical (unpaired) electrons. The summed E-state index contributed by atoms with van der Waals surface area (Å²) < 4.78 is 4.88. The van der Waals surface area contributed by atoms with Crippen LogP contribution in [-0.4, -0.2) is 35.1 Å². The highest BCUT2D eigenvalue weighted by Crippen LogP contribution is 2.11. The third-order valence-corrected chi connectivity index (χ3v) is 3.14. The Hall–Kier alpha value is -3.09. The zero-order valence-electron chi connectivity index (χ0n) is 13.7. The predicted molar refractivity (Wildman–Crippen MR) is 91.8 cm³/mol. The molecular weight excluding hydrogens is 308 g/mol. The summed E-state index contributed by atoms with van der Waals surface area (Å²) in [5.41, 5.74) is 1.70. The number of urea groups is 1. The van der Waals surface area contributed by atoms with E-state index in [1.807, 2.05) is 25.1 Å². The topological polar surface area (TPSA) is 87.5 Å². The van der Waals surface area contributed by atoms with E-state index in [1.165, 1.54) is 4.90 Å². The Balaban J connectivity index is 1.98. The fourth-order valence-electron chi connectivity index (χ4n) is 2.08. The molecule has 126 valence electrons. The van der Waals surface area contributed by atoms with Crippen LogP contribution in [0.1, 0.15) is 11.3 Å². The van der Waals surface area contributed by atoms with Crippen molar-refractivity contribution in [1.29, 1.82) is 0 Å². The Morgan fingerprint density at radius 3 is 2.71 bits per heavy atom. The second-order valence-electron chi connectivity index (χ2n) is 5.34. The van der Waals surface area contributed by atoms with Gasteiger partial charge in [-0.25, -0.2) is 4.79 Å². The van der Waals surface area contributed by atoms with Crippen LogP contribution in [0.15, 0.2) is 47.5 Å².